The number of aryl methyl sites for hydroxylation is 2. The van der Waals surface area contributed by atoms with Crippen molar-refractivity contribution in [2.24, 2.45) is 0 Å². The predicted molar refractivity (Wildman–Crippen MR) is 164 cm³/mol. The first-order valence-electron chi connectivity index (χ1n) is 14.2. The minimum absolute atomic E-state index is 0.0148. The van der Waals surface area contributed by atoms with Crippen LogP contribution >= 0.6 is 0 Å². The first-order valence-corrected chi connectivity index (χ1v) is 14.2. The van der Waals surface area contributed by atoms with Gasteiger partial charge in [-0.3, -0.25) is 10.3 Å². The van der Waals surface area contributed by atoms with Gasteiger partial charge in [0.15, 0.2) is 18.2 Å². The molecule has 0 radical (unpaired) electrons. The van der Waals surface area contributed by atoms with E-state index in [1.807, 2.05) is 30.3 Å². The molecule has 2 aromatic carbocycles. The number of anilines is 1. The first kappa shape index (κ1) is 32.2. The van der Waals surface area contributed by atoms with Crippen molar-refractivity contribution in [2.45, 2.75) is 53.0 Å². The number of carbonyl (C=O) groups excluding carboxylic acids is 1. The second-order valence-corrected chi connectivity index (χ2v) is 11.5. The fourth-order valence-electron chi connectivity index (χ4n) is 4.82. The second-order valence-electron chi connectivity index (χ2n) is 11.5. The normalized spacial score (nSPS) is 11.8. The molecule has 3 heterocycles. The number of aromatic nitrogens is 4. The molecular weight excluding hydrogens is 606 g/mol. The van der Waals surface area contributed by atoms with Crippen LogP contribution in [0.2, 0.25) is 0 Å². The number of halogens is 4. The highest BCUT2D eigenvalue weighted by Crippen LogP contribution is 2.40. The standard InChI is InChI=1S/C33H31F4N5O4/c1-19-13-22(41-31(43)46-32(3,4)5)15-38-26(19)28-20(2)27-29(30(40-18-39-27)45-17-33(35,36)37)42(28)23-11-12-25(24(34)14-23)44-16-21-9-7-6-8-10-21/h6-15,18H,16-17H2,1-5H3,(H,41,43). The lowest BCUT2D eigenvalue weighted by Crippen LogP contribution is -2.27. The van der Waals surface area contributed by atoms with Crippen LogP contribution in [-0.4, -0.2) is 44.0 Å². The van der Waals surface area contributed by atoms with E-state index in [4.69, 9.17) is 14.2 Å². The van der Waals surface area contributed by atoms with E-state index < -0.39 is 30.3 Å². The smallest absolute Gasteiger partial charge is 0.422 e. The van der Waals surface area contributed by atoms with Crippen LogP contribution in [0.15, 0.2) is 67.1 Å². The Hall–Kier alpha value is -5.20. The number of benzene rings is 2. The third-order valence-corrected chi connectivity index (χ3v) is 6.68. The van der Waals surface area contributed by atoms with Gasteiger partial charge >= 0.3 is 12.3 Å². The van der Waals surface area contributed by atoms with Crippen LogP contribution in [0.25, 0.3) is 28.1 Å². The van der Waals surface area contributed by atoms with Crippen molar-refractivity contribution in [1.29, 1.82) is 0 Å². The zero-order valence-corrected chi connectivity index (χ0v) is 25.7. The Morgan fingerprint density at radius 1 is 0.957 bits per heavy atom. The summed E-state index contributed by atoms with van der Waals surface area (Å²) in [6.45, 7) is 7.21. The summed E-state index contributed by atoms with van der Waals surface area (Å²) in [5, 5.41) is 2.64. The zero-order valence-electron chi connectivity index (χ0n) is 25.7. The number of amides is 1. The molecule has 0 fully saturated rings. The highest BCUT2D eigenvalue weighted by molar-refractivity contribution is 5.93. The molecule has 5 rings (SSSR count). The lowest BCUT2D eigenvalue weighted by molar-refractivity contribution is -0.153. The molecule has 0 atom stereocenters. The molecule has 0 bridgehead atoms. The Morgan fingerprint density at radius 2 is 1.70 bits per heavy atom. The SMILES string of the molecule is Cc1cc(NC(=O)OC(C)(C)C)cnc1-c1c(C)c2ncnc(OCC(F)(F)F)c2n1-c1ccc(OCc2ccccc2)c(F)c1. The Kier molecular flexibility index (Phi) is 8.86. The van der Waals surface area contributed by atoms with Crippen LogP contribution in [-0.2, 0) is 11.3 Å². The van der Waals surface area contributed by atoms with Gasteiger partial charge in [-0.2, -0.15) is 18.2 Å². The average molecular weight is 638 g/mol. The number of rotatable bonds is 8. The van der Waals surface area contributed by atoms with Gasteiger partial charge in [-0.25, -0.2) is 14.2 Å². The minimum Gasteiger partial charge on any atom is -0.486 e. The molecule has 13 heteroatoms. The van der Waals surface area contributed by atoms with Gasteiger partial charge in [0.05, 0.1) is 28.8 Å². The Labute approximate surface area is 262 Å². The summed E-state index contributed by atoms with van der Waals surface area (Å²) >= 11 is 0. The highest BCUT2D eigenvalue weighted by atomic mass is 19.4. The van der Waals surface area contributed by atoms with Gasteiger partial charge in [0.25, 0.3) is 0 Å². The third-order valence-electron chi connectivity index (χ3n) is 6.68. The summed E-state index contributed by atoms with van der Waals surface area (Å²) in [7, 11) is 0. The summed E-state index contributed by atoms with van der Waals surface area (Å²) in [5.74, 6) is -1.06. The molecule has 5 aromatic rings. The number of hydrogen-bond donors (Lipinski definition) is 1. The topological polar surface area (TPSA) is 100 Å². The number of hydrogen-bond acceptors (Lipinski definition) is 7. The molecule has 240 valence electrons. The molecule has 0 aliphatic rings. The summed E-state index contributed by atoms with van der Waals surface area (Å²) in [6.07, 6.45) is -2.78. The van der Waals surface area contributed by atoms with Crippen molar-refractivity contribution in [1.82, 2.24) is 19.5 Å². The van der Waals surface area contributed by atoms with Gasteiger partial charge in [0, 0.05) is 17.3 Å². The number of fused-ring (bicyclic) bond motifs is 1. The maximum atomic E-state index is 15.5. The van der Waals surface area contributed by atoms with Crippen LogP contribution in [0, 0.1) is 19.7 Å². The molecule has 1 N–H and O–H groups in total. The van der Waals surface area contributed by atoms with Gasteiger partial charge in [0.1, 0.15) is 24.1 Å². The molecule has 1 amide bonds. The second kappa shape index (κ2) is 12.7. The van der Waals surface area contributed by atoms with Gasteiger partial charge in [-0.1, -0.05) is 30.3 Å². The van der Waals surface area contributed by atoms with Crippen molar-refractivity contribution >= 4 is 22.8 Å². The number of nitrogens with one attached hydrogen (secondary N) is 1. The van der Waals surface area contributed by atoms with Crippen molar-refractivity contribution in [2.75, 3.05) is 11.9 Å². The van der Waals surface area contributed by atoms with E-state index in [-0.39, 0.29) is 35.0 Å². The van der Waals surface area contributed by atoms with E-state index in [2.05, 4.69) is 20.3 Å². The molecule has 9 nitrogen and oxygen atoms in total. The van der Waals surface area contributed by atoms with E-state index in [0.717, 1.165) is 11.9 Å². The molecule has 0 aliphatic heterocycles. The van der Waals surface area contributed by atoms with Crippen LogP contribution < -0.4 is 14.8 Å². The largest absolute Gasteiger partial charge is 0.486 e. The third kappa shape index (κ3) is 7.36. The summed E-state index contributed by atoms with van der Waals surface area (Å²) < 4.78 is 72.8. The van der Waals surface area contributed by atoms with Gasteiger partial charge < -0.3 is 18.8 Å². The fourth-order valence-corrected chi connectivity index (χ4v) is 4.82. The van der Waals surface area contributed by atoms with Gasteiger partial charge in [-0.15, -0.1) is 0 Å². The van der Waals surface area contributed by atoms with Crippen molar-refractivity contribution < 1.29 is 36.6 Å². The lowest BCUT2D eigenvalue weighted by atomic mass is 10.1. The zero-order chi connectivity index (χ0) is 33.2. The minimum atomic E-state index is -4.63. The van der Waals surface area contributed by atoms with Gasteiger partial charge in [-0.05, 0) is 63.9 Å². The van der Waals surface area contributed by atoms with Crippen LogP contribution in [0.1, 0.15) is 37.5 Å². The van der Waals surface area contributed by atoms with E-state index >= 15 is 4.39 Å². The highest BCUT2D eigenvalue weighted by Gasteiger charge is 2.31. The Bertz CT molecular complexity index is 1890. The van der Waals surface area contributed by atoms with Crippen molar-refractivity contribution in [3.63, 3.8) is 0 Å². The number of ether oxygens (including phenoxy) is 3. The predicted octanol–water partition coefficient (Wildman–Crippen LogP) is 8.11. The fraction of sp³-hybridized carbons (Fsp3) is 0.273. The quantitative estimate of drug-likeness (QED) is 0.172. The summed E-state index contributed by atoms with van der Waals surface area (Å²) in [5.41, 5.74) is 3.03. The molecule has 0 spiro atoms. The molecule has 3 aromatic heterocycles. The number of nitrogens with zero attached hydrogens (tertiary/aromatic N) is 4. The van der Waals surface area contributed by atoms with Crippen molar-refractivity contribution in [3.8, 4) is 28.7 Å². The van der Waals surface area contributed by atoms with Crippen molar-refractivity contribution in [3.05, 3.63) is 89.6 Å². The molecule has 0 aliphatic carbocycles. The number of alkyl halides is 3. The Morgan fingerprint density at radius 3 is 2.35 bits per heavy atom. The van der Waals surface area contributed by atoms with E-state index in [1.165, 1.54) is 22.9 Å². The molecule has 0 saturated carbocycles. The summed E-state index contributed by atoms with van der Waals surface area (Å²) in [6, 6.07) is 15.1. The summed E-state index contributed by atoms with van der Waals surface area (Å²) in [4.78, 5) is 25.2. The maximum absolute atomic E-state index is 15.5. The molecule has 0 saturated heterocycles. The number of pyridine rings is 1. The average Bonchev–Trinajstić information content (AvgIpc) is 3.27. The van der Waals surface area contributed by atoms with E-state index in [9.17, 15) is 18.0 Å². The molecular formula is C33H31F4N5O4. The maximum Gasteiger partial charge on any atom is 0.422 e. The van der Waals surface area contributed by atoms with Crippen LogP contribution in [0.5, 0.6) is 11.6 Å². The molecule has 46 heavy (non-hydrogen) atoms. The van der Waals surface area contributed by atoms with E-state index in [0.29, 0.717) is 28.2 Å². The molecule has 0 unspecified atom stereocenters. The van der Waals surface area contributed by atoms with E-state index in [1.54, 1.807) is 46.8 Å². The van der Waals surface area contributed by atoms with Crippen LogP contribution in [0.4, 0.5) is 28.0 Å². The van der Waals surface area contributed by atoms with Gasteiger partial charge in [0.2, 0.25) is 5.88 Å². The number of carbonyl (C=O) groups is 1. The lowest BCUT2D eigenvalue weighted by Gasteiger charge is -2.20. The monoisotopic (exact) mass is 637 g/mol. The van der Waals surface area contributed by atoms with Crippen LogP contribution in [0.3, 0.4) is 0 Å². The first-order chi connectivity index (χ1) is 21.7. The Balaban J connectivity index is 1.62.